The summed E-state index contributed by atoms with van der Waals surface area (Å²) in [6.45, 7) is 17.1. The van der Waals surface area contributed by atoms with Crippen molar-refractivity contribution in [2.45, 2.75) is 38.1 Å². The molecule has 24 heavy (non-hydrogen) atoms. The third-order valence-corrected chi connectivity index (χ3v) is 5.38. The van der Waals surface area contributed by atoms with Crippen molar-refractivity contribution >= 4 is 11.9 Å². The average Bonchev–Trinajstić information content (AvgIpc) is 2.92. The minimum absolute atomic E-state index is 0.0489. The van der Waals surface area contributed by atoms with Crippen LogP contribution in [-0.4, -0.2) is 35.4 Å². The number of fused-ring (bicyclic) bond motifs is 3. The lowest BCUT2D eigenvalue weighted by atomic mass is 9.81. The molecule has 3 fully saturated rings. The molecule has 5 heteroatoms. The molecule has 2 aliphatic carbocycles. The number of esters is 2. The van der Waals surface area contributed by atoms with Crippen molar-refractivity contribution < 1.29 is 24.2 Å². The van der Waals surface area contributed by atoms with Gasteiger partial charge in [0.15, 0.2) is 0 Å². The first-order valence-electron chi connectivity index (χ1n) is 8.03. The summed E-state index contributed by atoms with van der Waals surface area (Å²) in [4.78, 5) is 24.1. The Balaban J connectivity index is 2.00. The highest BCUT2D eigenvalue weighted by Gasteiger charge is 2.56. The Morgan fingerprint density at radius 1 is 1.29 bits per heavy atom. The zero-order valence-corrected chi connectivity index (χ0v) is 13.8. The summed E-state index contributed by atoms with van der Waals surface area (Å²) in [6, 6.07) is 0. The molecule has 5 nitrogen and oxygen atoms in total. The van der Waals surface area contributed by atoms with Crippen molar-refractivity contribution in [2.75, 3.05) is 0 Å². The van der Waals surface area contributed by atoms with Gasteiger partial charge in [0.2, 0.25) is 0 Å². The molecule has 1 aliphatic heterocycles. The normalized spacial score (nSPS) is 38.2. The van der Waals surface area contributed by atoms with Crippen LogP contribution in [0.15, 0.2) is 48.6 Å². The largest absolute Gasteiger partial charge is 0.458 e. The number of aliphatic hydroxyl groups excluding tert-OH is 1. The van der Waals surface area contributed by atoms with Gasteiger partial charge in [-0.2, -0.15) is 0 Å². The van der Waals surface area contributed by atoms with E-state index in [1.165, 1.54) is 0 Å². The van der Waals surface area contributed by atoms with Crippen LogP contribution in [0.25, 0.3) is 0 Å². The van der Waals surface area contributed by atoms with E-state index in [4.69, 9.17) is 9.47 Å². The van der Waals surface area contributed by atoms with Crippen LogP contribution in [0.2, 0.25) is 0 Å². The van der Waals surface area contributed by atoms with Crippen molar-refractivity contribution in [3.63, 3.8) is 0 Å². The Hall–Kier alpha value is -2.14. The summed E-state index contributed by atoms with van der Waals surface area (Å²) >= 11 is 0. The fourth-order valence-corrected chi connectivity index (χ4v) is 4.11. The van der Waals surface area contributed by atoms with Gasteiger partial charge in [-0.3, -0.25) is 0 Å². The first-order chi connectivity index (χ1) is 11.2. The molecule has 1 saturated heterocycles. The second-order valence-corrected chi connectivity index (χ2v) is 6.97. The van der Waals surface area contributed by atoms with Crippen molar-refractivity contribution in [1.29, 1.82) is 0 Å². The molecule has 2 saturated carbocycles. The monoisotopic (exact) mass is 330 g/mol. The summed E-state index contributed by atoms with van der Waals surface area (Å²) in [5.74, 6) is -1.73. The number of hydrogen-bond donors (Lipinski definition) is 1. The van der Waals surface area contributed by atoms with Crippen molar-refractivity contribution in [3.05, 3.63) is 48.6 Å². The number of hydrogen-bond acceptors (Lipinski definition) is 5. The molecule has 1 heterocycles. The molecule has 0 aromatic carbocycles. The number of carbonyl (C=O) groups excluding carboxylic acids is 2. The summed E-state index contributed by atoms with van der Waals surface area (Å²) in [7, 11) is 0. The number of ether oxygens (including phenoxy) is 2. The van der Waals surface area contributed by atoms with Crippen LogP contribution in [0.5, 0.6) is 0 Å². The molecule has 0 aromatic rings. The second kappa shape index (κ2) is 5.74. The van der Waals surface area contributed by atoms with Crippen LogP contribution in [0.3, 0.4) is 0 Å². The Labute approximate surface area is 141 Å². The van der Waals surface area contributed by atoms with Crippen LogP contribution in [-0.2, 0) is 19.1 Å². The molecule has 6 unspecified atom stereocenters. The van der Waals surface area contributed by atoms with Crippen molar-refractivity contribution in [1.82, 2.24) is 0 Å². The Morgan fingerprint density at radius 3 is 2.58 bits per heavy atom. The number of aliphatic hydroxyl groups is 1. The first kappa shape index (κ1) is 16.7. The van der Waals surface area contributed by atoms with Gasteiger partial charge in [0.05, 0.1) is 12.0 Å². The maximum Gasteiger partial charge on any atom is 0.334 e. The number of rotatable bonds is 2. The Kier molecular flexibility index (Phi) is 4.00. The van der Waals surface area contributed by atoms with E-state index in [-0.39, 0.29) is 17.4 Å². The second-order valence-electron chi connectivity index (χ2n) is 6.97. The van der Waals surface area contributed by atoms with Crippen LogP contribution < -0.4 is 0 Å². The highest BCUT2D eigenvalue weighted by molar-refractivity contribution is 5.91. The summed E-state index contributed by atoms with van der Waals surface area (Å²) in [5.41, 5.74) is 2.10. The summed E-state index contributed by atoms with van der Waals surface area (Å²) in [6.07, 6.45) is -0.865. The SMILES string of the molecule is C=C(C)C(=O)OC1CC(=C)C2CC(O)C(=C)C2C2OC(=O)C(=C)C12. The first-order valence-corrected chi connectivity index (χ1v) is 8.03. The Bertz CT molecular complexity index is 673. The fraction of sp³-hybridized carbons (Fsp3) is 0.474. The smallest absolute Gasteiger partial charge is 0.334 e. The standard InChI is InChI=1S/C19H22O5/c1-8(2)18(21)23-14-6-9(3)12-7-13(20)10(4)15(12)17-16(14)11(5)19(22)24-17/h12-17,20H,1,3-7H2,2H3. The van der Waals surface area contributed by atoms with E-state index in [2.05, 4.69) is 26.3 Å². The molecule has 0 spiro atoms. The summed E-state index contributed by atoms with van der Waals surface area (Å²) < 4.78 is 11.1. The highest BCUT2D eigenvalue weighted by Crippen LogP contribution is 2.52. The van der Waals surface area contributed by atoms with Gasteiger partial charge in [0.1, 0.15) is 12.2 Å². The van der Waals surface area contributed by atoms with E-state index in [0.717, 1.165) is 5.57 Å². The van der Waals surface area contributed by atoms with Gasteiger partial charge in [-0.25, -0.2) is 9.59 Å². The quantitative estimate of drug-likeness (QED) is 0.477. The van der Waals surface area contributed by atoms with E-state index in [9.17, 15) is 14.7 Å². The van der Waals surface area contributed by atoms with Gasteiger partial charge in [-0.1, -0.05) is 31.9 Å². The van der Waals surface area contributed by atoms with Gasteiger partial charge < -0.3 is 14.6 Å². The van der Waals surface area contributed by atoms with E-state index < -0.39 is 36.2 Å². The van der Waals surface area contributed by atoms with Gasteiger partial charge >= 0.3 is 11.9 Å². The Morgan fingerprint density at radius 2 is 1.96 bits per heavy atom. The zero-order valence-electron chi connectivity index (χ0n) is 13.8. The van der Waals surface area contributed by atoms with E-state index in [1.54, 1.807) is 6.92 Å². The molecule has 3 aliphatic rings. The zero-order chi connectivity index (χ0) is 17.8. The van der Waals surface area contributed by atoms with Crippen LogP contribution in [0.1, 0.15) is 19.8 Å². The van der Waals surface area contributed by atoms with Gasteiger partial charge in [-0.05, 0) is 24.8 Å². The number of carbonyl (C=O) groups is 2. The molecule has 0 radical (unpaired) electrons. The maximum absolute atomic E-state index is 12.1. The summed E-state index contributed by atoms with van der Waals surface area (Å²) in [5, 5.41) is 10.2. The fourth-order valence-electron chi connectivity index (χ4n) is 4.11. The topological polar surface area (TPSA) is 72.8 Å². The predicted molar refractivity (Wildman–Crippen MR) is 87.7 cm³/mol. The minimum Gasteiger partial charge on any atom is -0.458 e. The molecule has 6 atom stereocenters. The van der Waals surface area contributed by atoms with Crippen molar-refractivity contribution in [3.8, 4) is 0 Å². The van der Waals surface area contributed by atoms with E-state index >= 15 is 0 Å². The highest BCUT2D eigenvalue weighted by atomic mass is 16.6. The molecule has 0 aromatic heterocycles. The lowest BCUT2D eigenvalue weighted by molar-refractivity contribution is -0.148. The molecule has 0 amide bonds. The molecule has 128 valence electrons. The maximum atomic E-state index is 12.1. The third-order valence-electron chi connectivity index (χ3n) is 5.38. The van der Waals surface area contributed by atoms with E-state index in [0.29, 0.717) is 24.0 Å². The third kappa shape index (κ3) is 2.44. The van der Waals surface area contributed by atoms with Gasteiger partial charge in [0.25, 0.3) is 0 Å². The molecular formula is C19H22O5. The van der Waals surface area contributed by atoms with Gasteiger partial charge in [0, 0.05) is 23.5 Å². The molecule has 0 bridgehead atoms. The van der Waals surface area contributed by atoms with Crippen LogP contribution in [0, 0.1) is 17.8 Å². The van der Waals surface area contributed by atoms with Crippen LogP contribution in [0.4, 0.5) is 0 Å². The van der Waals surface area contributed by atoms with Crippen LogP contribution >= 0.6 is 0 Å². The predicted octanol–water partition coefficient (Wildman–Crippen LogP) is 2.09. The van der Waals surface area contributed by atoms with Crippen molar-refractivity contribution in [2.24, 2.45) is 17.8 Å². The molecular weight excluding hydrogens is 308 g/mol. The molecule has 1 N–H and O–H groups in total. The van der Waals surface area contributed by atoms with E-state index in [1.807, 2.05) is 0 Å². The average molecular weight is 330 g/mol. The molecule has 3 rings (SSSR count). The minimum atomic E-state index is -0.639. The van der Waals surface area contributed by atoms with Gasteiger partial charge in [-0.15, -0.1) is 0 Å². The lowest BCUT2D eigenvalue weighted by Crippen LogP contribution is -2.36. The lowest BCUT2D eigenvalue weighted by Gasteiger charge is -2.28.